The number of hydrogen-bond donors (Lipinski definition) is 2. The minimum absolute atomic E-state index is 0.211. The Bertz CT molecular complexity index is 421. The Balaban J connectivity index is 1.67. The van der Waals surface area contributed by atoms with E-state index in [9.17, 15) is 9.90 Å². The lowest BCUT2D eigenvalue weighted by molar-refractivity contribution is 0.0994. The summed E-state index contributed by atoms with van der Waals surface area (Å²) < 4.78 is 0. The molecule has 0 radical (unpaired) electrons. The minimum atomic E-state index is -0.749. The number of anilines is 1. The minimum Gasteiger partial charge on any atom is -0.465 e. The van der Waals surface area contributed by atoms with Crippen molar-refractivity contribution in [2.75, 3.05) is 5.32 Å². The van der Waals surface area contributed by atoms with Gasteiger partial charge in [-0.2, -0.15) is 0 Å². The Morgan fingerprint density at radius 3 is 2.33 bits per heavy atom. The molecule has 2 unspecified atom stereocenters. The summed E-state index contributed by atoms with van der Waals surface area (Å²) in [6, 6.07) is 11.0. The second-order valence-corrected chi connectivity index (χ2v) is 5.25. The second-order valence-electron chi connectivity index (χ2n) is 5.25. The lowest BCUT2D eigenvalue weighted by atomic mass is 9.97. The number of carboxylic acid groups (broad SMARTS) is 1. The third-order valence-electron chi connectivity index (χ3n) is 4.10. The van der Waals surface area contributed by atoms with Crippen molar-refractivity contribution in [2.24, 2.45) is 0 Å². The van der Waals surface area contributed by atoms with Crippen molar-refractivity contribution in [1.29, 1.82) is 0 Å². The van der Waals surface area contributed by atoms with E-state index in [2.05, 4.69) is 17.4 Å². The van der Waals surface area contributed by atoms with Gasteiger partial charge in [-0.3, -0.25) is 0 Å². The van der Waals surface area contributed by atoms with Crippen molar-refractivity contribution in [1.82, 2.24) is 4.90 Å². The Hall–Kier alpha value is -1.71. The Labute approximate surface area is 107 Å². The zero-order chi connectivity index (χ0) is 12.5. The summed E-state index contributed by atoms with van der Waals surface area (Å²) in [6.45, 7) is 0. The first-order valence-electron chi connectivity index (χ1n) is 6.57. The first-order chi connectivity index (χ1) is 8.74. The molecule has 0 spiro atoms. The summed E-state index contributed by atoms with van der Waals surface area (Å²) in [4.78, 5) is 12.9. The summed E-state index contributed by atoms with van der Waals surface area (Å²) in [5.41, 5.74) is 1.13. The molecule has 2 aliphatic rings. The van der Waals surface area contributed by atoms with Gasteiger partial charge in [0, 0.05) is 23.8 Å². The Kier molecular flexibility index (Phi) is 2.86. The van der Waals surface area contributed by atoms with Gasteiger partial charge in [0.15, 0.2) is 0 Å². The molecule has 4 heteroatoms. The molecular weight excluding hydrogens is 228 g/mol. The molecule has 1 aromatic carbocycles. The summed E-state index contributed by atoms with van der Waals surface area (Å²) >= 11 is 0. The molecule has 3 rings (SSSR count). The quantitative estimate of drug-likeness (QED) is 0.843. The second kappa shape index (κ2) is 4.52. The van der Waals surface area contributed by atoms with Gasteiger partial charge < -0.3 is 15.3 Å². The van der Waals surface area contributed by atoms with Gasteiger partial charge in [-0.25, -0.2) is 4.79 Å². The maximum atomic E-state index is 11.2. The van der Waals surface area contributed by atoms with Crippen LogP contribution in [0.25, 0.3) is 0 Å². The molecule has 2 heterocycles. The van der Waals surface area contributed by atoms with E-state index in [0.717, 1.165) is 31.4 Å². The van der Waals surface area contributed by atoms with E-state index < -0.39 is 6.09 Å². The average Bonchev–Trinajstić information content (AvgIpc) is 2.63. The van der Waals surface area contributed by atoms with Crippen LogP contribution in [0.2, 0.25) is 0 Å². The highest BCUT2D eigenvalue weighted by molar-refractivity contribution is 5.66. The van der Waals surface area contributed by atoms with Crippen LogP contribution in [0, 0.1) is 0 Å². The predicted molar refractivity (Wildman–Crippen MR) is 69.8 cm³/mol. The summed E-state index contributed by atoms with van der Waals surface area (Å²) in [7, 11) is 0. The zero-order valence-electron chi connectivity index (χ0n) is 10.2. The molecule has 2 aliphatic heterocycles. The highest BCUT2D eigenvalue weighted by Gasteiger charge is 2.43. The molecule has 4 nitrogen and oxygen atoms in total. The predicted octanol–water partition coefficient (Wildman–Crippen LogP) is 2.77. The van der Waals surface area contributed by atoms with Crippen LogP contribution in [0.3, 0.4) is 0 Å². The van der Waals surface area contributed by atoms with Crippen LogP contribution in [-0.4, -0.2) is 34.2 Å². The number of para-hydroxylation sites is 1. The lowest BCUT2D eigenvalue weighted by Gasteiger charge is -2.37. The van der Waals surface area contributed by atoms with Crippen molar-refractivity contribution < 1.29 is 9.90 Å². The normalized spacial score (nSPS) is 30.2. The molecule has 1 amide bonds. The van der Waals surface area contributed by atoms with Gasteiger partial charge in [-0.05, 0) is 37.8 Å². The Morgan fingerprint density at radius 2 is 1.78 bits per heavy atom. The first kappa shape index (κ1) is 11.4. The standard InChI is InChI=1S/C14H18N2O2/c17-14(18)16-12-6-7-13(16)9-11(8-12)15-10-4-2-1-3-5-10/h1-5,11-13,15H,6-9H2,(H,17,18). The number of benzene rings is 1. The third-order valence-corrected chi connectivity index (χ3v) is 4.10. The average molecular weight is 246 g/mol. The van der Waals surface area contributed by atoms with Crippen LogP contribution in [-0.2, 0) is 0 Å². The fourth-order valence-electron chi connectivity index (χ4n) is 3.38. The SMILES string of the molecule is O=C(O)N1C2CCC1CC(Nc1ccccc1)C2. The van der Waals surface area contributed by atoms with Crippen molar-refractivity contribution in [3.05, 3.63) is 30.3 Å². The van der Waals surface area contributed by atoms with Gasteiger partial charge in [0.05, 0.1) is 0 Å². The molecule has 2 fully saturated rings. The van der Waals surface area contributed by atoms with Crippen LogP contribution in [0.1, 0.15) is 25.7 Å². The first-order valence-corrected chi connectivity index (χ1v) is 6.57. The van der Waals surface area contributed by atoms with Crippen molar-refractivity contribution in [3.63, 3.8) is 0 Å². The highest BCUT2D eigenvalue weighted by Crippen LogP contribution is 2.36. The molecule has 96 valence electrons. The van der Waals surface area contributed by atoms with E-state index in [0.29, 0.717) is 6.04 Å². The number of amides is 1. The van der Waals surface area contributed by atoms with E-state index in [4.69, 9.17) is 0 Å². The van der Waals surface area contributed by atoms with Gasteiger partial charge in [0.1, 0.15) is 0 Å². The largest absolute Gasteiger partial charge is 0.465 e. The molecule has 0 aromatic heterocycles. The summed E-state index contributed by atoms with van der Waals surface area (Å²) in [6.07, 6.45) is 3.14. The monoisotopic (exact) mass is 246 g/mol. The van der Waals surface area contributed by atoms with Crippen LogP contribution >= 0.6 is 0 Å². The molecule has 18 heavy (non-hydrogen) atoms. The fraction of sp³-hybridized carbons (Fsp3) is 0.500. The highest BCUT2D eigenvalue weighted by atomic mass is 16.4. The smallest absolute Gasteiger partial charge is 0.407 e. The molecule has 2 saturated heterocycles. The van der Waals surface area contributed by atoms with Crippen molar-refractivity contribution in [3.8, 4) is 0 Å². The third kappa shape index (κ3) is 2.03. The van der Waals surface area contributed by atoms with Gasteiger partial charge in [-0.1, -0.05) is 18.2 Å². The van der Waals surface area contributed by atoms with Gasteiger partial charge in [0.25, 0.3) is 0 Å². The van der Waals surface area contributed by atoms with Gasteiger partial charge in [0.2, 0.25) is 0 Å². The van der Waals surface area contributed by atoms with Crippen LogP contribution in [0.15, 0.2) is 30.3 Å². The fourth-order valence-corrected chi connectivity index (χ4v) is 3.38. The number of nitrogens with one attached hydrogen (secondary N) is 1. The van der Waals surface area contributed by atoms with E-state index in [-0.39, 0.29) is 12.1 Å². The number of piperidine rings is 1. The molecule has 0 aliphatic carbocycles. The maximum Gasteiger partial charge on any atom is 0.407 e. The molecule has 1 aromatic rings. The molecule has 2 atom stereocenters. The van der Waals surface area contributed by atoms with E-state index in [1.807, 2.05) is 18.2 Å². The van der Waals surface area contributed by atoms with Crippen LogP contribution in [0.4, 0.5) is 10.5 Å². The van der Waals surface area contributed by atoms with Crippen LogP contribution in [0.5, 0.6) is 0 Å². The number of rotatable bonds is 2. The van der Waals surface area contributed by atoms with Crippen molar-refractivity contribution >= 4 is 11.8 Å². The zero-order valence-corrected chi connectivity index (χ0v) is 10.2. The van der Waals surface area contributed by atoms with Crippen LogP contribution < -0.4 is 5.32 Å². The molecule has 2 bridgehead atoms. The van der Waals surface area contributed by atoms with Crippen molar-refractivity contribution in [2.45, 2.75) is 43.8 Å². The maximum absolute atomic E-state index is 11.2. The van der Waals surface area contributed by atoms with E-state index in [1.54, 1.807) is 4.90 Å². The molecule has 0 saturated carbocycles. The topological polar surface area (TPSA) is 52.6 Å². The summed E-state index contributed by atoms with van der Waals surface area (Å²) in [5.74, 6) is 0. The van der Waals surface area contributed by atoms with E-state index in [1.165, 1.54) is 0 Å². The number of carbonyl (C=O) groups is 1. The number of fused-ring (bicyclic) bond motifs is 2. The Morgan fingerprint density at radius 1 is 1.17 bits per heavy atom. The molecular formula is C14H18N2O2. The van der Waals surface area contributed by atoms with Gasteiger partial charge in [-0.15, -0.1) is 0 Å². The summed E-state index contributed by atoms with van der Waals surface area (Å²) in [5, 5.41) is 12.7. The van der Waals surface area contributed by atoms with E-state index >= 15 is 0 Å². The number of nitrogens with zero attached hydrogens (tertiary/aromatic N) is 1. The number of hydrogen-bond acceptors (Lipinski definition) is 2. The molecule has 2 N–H and O–H groups in total. The lowest BCUT2D eigenvalue weighted by Crippen LogP contribution is -2.49. The van der Waals surface area contributed by atoms with Gasteiger partial charge >= 0.3 is 6.09 Å².